The number of morpholine rings is 1. The summed E-state index contributed by atoms with van der Waals surface area (Å²) in [6.45, 7) is 3.14. The van der Waals surface area contributed by atoms with Gasteiger partial charge in [-0.3, -0.25) is 14.5 Å². The van der Waals surface area contributed by atoms with Crippen molar-refractivity contribution in [2.75, 3.05) is 39.4 Å². The molecule has 0 bridgehead atoms. The first kappa shape index (κ1) is 20.9. The molecule has 6 nitrogen and oxygen atoms in total. The Balaban J connectivity index is 1.59. The third-order valence-corrected chi connectivity index (χ3v) is 4.67. The lowest BCUT2D eigenvalue weighted by molar-refractivity contribution is -0.121. The van der Waals surface area contributed by atoms with Gasteiger partial charge in [0.2, 0.25) is 5.91 Å². The number of ether oxygens (including phenoxy) is 1. The van der Waals surface area contributed by atoms with Gasteiger partial charge in [0.25, 0.3) is 5.91 Å². The SMILES string of the molecule is O=C(CNC(=O)c1ccc(F)cc1F)NC(CN1CCOCC1)c1ccccc1. The van der Waals surface area contributed by atoms with Gasteiger partial charge in [0.1, 0.15) is 11.6 Å². The quantitative estimate of drug-likeness (QED) is 0.741. The minimum Gasteiger partial charge on any atom is -0.379 e. The molecule has 1 aliphatic heterocycles. The van der Waals surface area contributed by atoms with Gasteiger partial charge in [0.05, 0.1) is 31.4 Å². The number of nitrogens with zero attached hydrogens (tertiary/aromatic N) is 1. The molecule has 1 atom stereocenters. The van der Waals surface area contributed by atoms with Crippen LogP contribution in [0, 0.1) is 11.6 Å². The van der Waals surface area contributed by atoms with E-state index in [2.05, 4.69) is 15.5 Å². The highest BCUT2D eigenvalue weighted by atomic mass is 19.1. The molecule has 2 amide bonds. The fourth-order valence-electron chi connectivity index (χ4n) is 3.14. The molecule has 2 N–H and O–H groups in total. The summed E-state index contributed by atoms with van der Waals surface area (Å²) in [7, 11) is 0. The van der Waals surface area contributed by atoms with Crippen LogP contribution in [0.4, 0.5) is 8.78 Å². The molecular formula is C21H23F2N3O3. The molecule has 2 aromatic rings. The zero-order valence-corrected chi connectivity index (χ0v) is 15.9. The molecule has 1 aliphatic rings. The number of halogens is 2. The van der Waals surface area contributed by atoms with Crippen molar-refractivity contribution in [1.29, 1.82) is 0 Å². The van der Waals surface area contributed by atoms with Gasteiger partial charge >= 0.3 is 0 Å². The average molecular weight is 403 g/mol. The number of nitrogens with one attached hydrogen (secondary N) is 2. The number of hydrogen-bond donors (Lipinski definition) is 2. The molecule has 3 rings (SSSR count). The van der Waals surface area contributed by atoms with Gasteiger partial charge in [-0.2, -0.15) is 0 Å². The lowest BCUT2D eigenvalue weighted by atomic mass is 10.1. The Morgan fingerprint density at radius 3 is 2.48 bits per heavy atom. The van der Waals surface area contributed by atoms with Gasteiger partial charge in [-0.15, -0.1) is 0 Å². The fraction of sp³-hybridized carbons (Fsp3) is 0.333. The second kappa shape index (κ2) is 10.1. The molecule has 154 valence electrons. The minimum atomic E-state index is -0.975. The molecule has 0 spiro atoms. The predicted molar refractivity (Wildman–Crippen MR) is 103 cm³/mol. The van der Waals surface area contributed by atoms with E-state index in [9.17, 15) is 18.4 Å². The van der Waals surface area contributed by atoms with E-state index in [1.807, 2.05) is 30.3 Å². The van der Waals surface area contributed by atoms with Gasteiger partial charge in [0.15, 0.2) is 0 Å². The first-order valence-corrected chi connectivity index (χ1v) is 9.40. The maximum atomic E-state index is 13.7. The summed E-state index contributed by atoms with van der Waals surface area (Å²) < 4.78 is 32.0. The molecule has 0 aliphatic carbocycles. The standard InChI is InChI=1S/C21H23F2N3O3/c22-16-6-7-17(18(23)12-16)21(28)24-13-20(27)25-19(15-4-2-1-3-5-15)14-26-8-10-29-11-9-26/h1-7,12,19H,8-11,13-14H2,(H,24,28)(H,25,27). The van der Waals surface area contributed by atoms with Gasteiger partial charge in [-0.05, 0) is 17.7 Å². The topological polar surface area (TPSA) is 70.7 Å². The van der Waals surface area contributed by atoms with Crippen molar-refractivity contribution in [2.45, 2.75) is 6.04 Å². The second-order valence-corrected chi connectivity index (χ2v) is 6.75. The van der Waals surface area contributed by atoms with Crippen LogP contribution < -0.4 is 10.6 Å². The lowest BCUT2D eigenvalue weighted by Gasteiger charge is -2.31. The van der Waals surface area contributed by atoms with Crippen LogP contribution in [0.2, 0.25) is 0 Å². The van der Waals surface area contributed by atoms with Gasteiger partial charge in [-0.1, -0.05) is 30.3 Å². The number of benzene rings is 2. The Morgan fingerprint density at radius 2 is 1.79 bits per heavy atom. The smallest absolute Gasteiger partial charge is 0.254 e. The van der Waals surface area contributed by atoms with Crippen molar-refractivity contribution in [1.82, 2.24) is 15.5 Å². The maximum Gasteiger partial charge on any atom is 0.254 e. The second-order valence-electron chi connectivity index (χ2n) is 6.75. The largest absolute Gasteiger partial charge is 0.379 e. The highest BCUT2D eigenvalue weighted by Gasteiger charge is 2.21. The maximum absolute atomic E-state index is 13.7. The Hall–Kier alpha value is -2.84. The number of carbonyl (C=O) groups is 2. The first-order valence-electron chi connectivity index (χ1n) is 9.40. The molecule has 29 heavy (non-hydrogen) atoms. The number of hydrogen-bond acceptors (Lipinski definition) is 4. The van der Waals surface area contributed by atoms with Crippen LogP contribution in [0.15, 0.2) is 48.5 Å². The monoisotopic (exact) mass is 403 g/mol. The minimum absolute atomic E-state index is 0.263. The summed E-state index contributed by atoms with van der Waals surface area (Å²) in [5.74, 6) is -2.92. The van der Waals surface area contributed by atoms with E-state index in [4.69, 9.17) is 4.74 Å². The van der Waals surface area contributed by atoms with E-state index in [-0.39, 0.29) is 18.2 Å². The summed E-state index contributed by atoms with van der Waals surface area (Å²) >= 11 is 0. The number of amides is 2. The third-order valence-electron chi connectivity index (χ3n) is 4.67. The molecule has 8 heteroatoms. The normalized spacial score (nSPS) is 15.5. The summed E-state index contributed by atoms with van der Waals surface area (Å²) in [5.41, 5.74) is 0.635. The van der Waals surface area contributed by atoms with Crippen molar-refractivity contribution in [2.24, 2.45) is 0 Å². The Kier molecular flexibility index (Phi) is 7.26. The fourth-order valence-corrected chi connectivity index (χ4v) is 3.14. The Bertz CT molecular complexity index is 842. The van der Waals surface area contributed by atoms with Crippen LogP contribution in [0.1, 0.15) is 22.0 Å². The van der Waals surface area contributed by atoms with E-state index >= 15 is 0 Å². The highest BCUT2D eigenvalue weighted by molar-refractivity contribution is 5.96. The van der Waals surface area contributed by atoms with Crippen molar-refractivity contribution in [3.63, 3.8) is 0 Å². The van der Waals surface area contributed by atoms with Crippen LogP contribution >= 0.6 is 0 Å². The van der Waals surface area contributed by atoms with E-state index in [1.165, 1.54) is 0 Å². The van der Waals surface area contributed by atoms with Crippen molar-refractivity contribution in [3.8, 4) is 0 Å². The van der Waals surface area contributed by atoms with Gasteiger partial charge < -0.3 is 15.4 Å². The van der Waals surface area contributed by atoms with Crippen LogP contribution in [0.3, 0.4) is 0 Å². The molecule has 0 saturated carbocycles. The molecule has 1 unspecified atom stereocenters. The van der Waals surface area contributed by atoms with Gasteiger partial charge in [0, 0.05) is 25.7 Å². The molecule has 1 heterocycles. The van der Waals surface area contributed by atoms with Crippen LogP contribution in [-0.4, -0.2) is 56.1 Å². The molecule has 1 fully saturated rings. The Morgan fingerprint density at radius 1 is 1.07 bits per heavy atom. The van der Waals surface area contributed by atoms with E-state index in [0.29, 0.717) is 25.8 Å². The lowest BCUT2D eigenvalue weighted by Crippen LogP contribution is -2.45. The molecule has 0 radical (unpaired) electrons. The van der Waals surface area contributed by atoms with Crippen molar-refractivity contribution < 1.29 is 23.1 Å². The third kappa shape index (κ3) is 6.07. The van der Waals surface area contributed by atoms with Gasteiger partial charge in [-0.25, -0.2) is 8.78 Å². The zero-order chi connectivity index (χ0) is 20.6. The Labute approximate surface area is 167 Å². The van der Waals surface area contributed by atoms with Crippen molar-refractivity contribution in [3.05, 3.63) is 71.3 Å². The summed E-state index contributed by atoms with van der Waals surface area (Å²) in [5, 5.41) is 5.29. The number of rotatable bonds is 7. The van der Waals surface area contributed by atoms with Crippen LogP contribution in [0.25, 0.3) is 0 Å². The average Bonchev–Trinajstić information content (AvgIpc) is 2.73. The van der Waals surface area contributed by atoms with E-state index < -0.39 is 23.4 Å². The molecular weight excluding hydrogens is 380 g/mol. The molecule has 2 aromatic carbocycles. The number of carbonyl (C=O) groups excluding carboxylic acids is 2. The van der Waals surface area contributed by atoms with Crippen LogP contribution in [-0.2, 0) is 9.53 Å². The van der Waals surface area contributed by atoms with E-state index in [0.717, 1.165) is 30.8 Å². The molecule has 0 aromatic heterocycles. The molecule has 1 saturated heterocycles. The summed E-state index contributed by atoms with van der Waals surface area (Å²) in [4.78, 5) is 26.7. The van der Waals surface area contributed by atoms with Crippen LogP contribution in [0.5, 0.6) is 0 Å². The predicted octanol–water partition coefficient (Wildman–Crippen LogP) is 1.88. The summed E-state index contributed by atoms with van der Waals surface area (Å²) in [6, 6.07) is 11.9. The first-order chi connectivity index (χ1) is 14.0. The highest BCUT2D eigenvalue weighted by Crippen LogP contribution is 2.15. The summed E-state index contributed by atoms with van der Waals surface area (Å²) in [6.07, 6.45) is 0. The van der Waals surface area contributed by atoms with Crippen molar-refractivity contribution >= 4 is 11.8 Å². The zero-order valence-electron chi connectivity index (χ0n) is 15.9. The van der Waals surface area contributed by atoms with E-state index in [1.54, 1.807) is 0 Å².